The molecule has 5 aromatic rings. The van der Waals surface area contributed by atoms with Gasteiger partial charge in [0, 0.05) is 43.0 Å². The summed E-state index contributed by atoms with van der Waals surface area (Å²) in [6.07, 6.45) is 1.35. The molecule has 1 fully saturated rings. The molecule has 0 spiro atoms. The zero-order chi connectivity index (χ0) is 34.0. The fraction of sp³-hybridized carbons (Fsp3) is 0.297. The van der Waals surface area contributed by atoms with Crippen LogP contribution in [0.3, 0.4) is 0 Å². The Morgan fingerprint density at radius 1 is 1.04 bits per heavy atom. The highest BCUT2D eigenvalue weighted by Crippen LogP contribution is 2.35. The van der Waals surface area contributed by atoms with Crippen molar-refractivity contribution in [3.8, 4) is 16.9 Å². The molecule has 11 heteroatoms. The van der Waals surface area contributed by atoms with Crippen LogP contribution in [0, 0.1) is 5.82 Å². The SMILES string of the molecule is COc1ccc(Cn2nc(NC3CCN(C(=O)O)C3)c3c(-c4ccc(CNC(=O)c5ccc(C(C)(C)C)cc5)c(F)c4)ccnc32)cc1. The molecule has 6 rings (SSSR count). The first kappa shape index (κ1) is 32.5. The standard InChI is InChI=1S/C37H39FN6O4/c1-37(2,3)27-11-9-24(10-12-27)35(45)40-20-26-8-7-25(19-31(26)38)30-15-17-39-34-32(30)33(41-28-16-18-43(22-28)36(46)47)42-44(34)21-23-5-13-29(48-4)14-6-23/h5-15,17,19,28H,16,18,20-22H2,1-4H3,(H,40,45)(H,41,42)(H,46,47). The van der Waals surface area contributed by atoms with Crippen LogP contribution in [-0.2, 0) is 18.5 Å². The monoisotopic (exact) mass is 650 g/mol. The summed E-state index contributed by atoms with van der Waals surface area (Å²) in [7, 11) is 1.62. The van der Waals surface area contributed by atoms with E-state index in [1.165, 1.54) is 11.0 Å². The number of carboxylic acid groups (broad SMARTS) is 1. The third-order valence-electron chi connectivity index (χ3n) is 8.74. The summed E-state index contributed by atoms with van der Waals surface area (Å²) in [5.41, 5.74) is 4.92. The van der Waals surface area contributed by atoms with Gasteiger partial charge in [0.05, 0.1) is 19.0 Å². The number of carbonyl (C=O) groups is 2. The van der Waals surface area contributed by atoms with E-state index in [9.17, 15) is 14.7 Å². The Hall–Kier alpha value is -5.45. The number of pyridine rings is 1. The lowest BCUT2D eigenvalue weighted by Crippen LogP contribution is -2.30. The van der Waals surface area contributed by atoms with Gasteiger partial charge in [-0.15, -0.1) is 0 Å². The van der Waals surface area contributed by atoms with E-state index in [0.717, 1.165) is 22.4 Å². The average molecular weight is 651 g/mol. The number of hydrogen-bond acceptors (Lipinski definition) is 6. The van der Waals surface area contributed by atoms with Crippen molar-refractivity contribution in [2.45, 2.75) is 51.7 Å². The van der Waals surface area contributed by atoms with Crippen LogP contribution in [0.25, 0.3) is 22.2 Å². The number of anilines is 1. The van der Waals surface area contributed by atoms with Crippen LogP contribution < -0.4 is 15.4 Å². The van der Waals surface area contributed by atoms with Crippen LogP contribution in [0.15, 0.2) is 79.0 Å². The molecule has 1 atom stereocenters. The second-order valence-electron chi connectivity index (χ2n) is 13.1. The molecule has 0 aliphatic carbocycles. The molecule has 3 N–H and O–H groups in total. The zero-order valence-electron chi connectivity index (χ0n) is 27.5. The Bertz CT molecular complexity index is 1950. The van der Waals surface area contributed by atoms with Crippen molar-refractivity contribution in [1.29, 1.82) is 0 Å². The molecule has 0 saturated carbocycles. The van der Waals surface area contributed by atoms with Crippen molar-refractivity contribution in [2.24, 2.45) is 0 Å². The maximum Gasteiger partial charge on any atom is 0.407 e. The maximum atomic E-state index is 15.6. The molecule has 0 bridgehead atoms. The first-order valence-electron chi connectivity index (χ1n) is 15.9. The summed E-state index contributed by atoms with van der Waals surface area (Å²) in [6.45, 7) is 7.55. The molecule has 2 amide bonds. The summed E-state index contributed by atoms with van der Waals surface area (Å²) in [5.74, 6) is 0.570. The molecule has 0 radical (unpaired) electrons. The van der Waals surface area contributed by atoms with Crippen LogP contribution >= 0.6 is 0 Å². The number of nitrogens with zero attached hydrogens (tertiary/aromatic N) is 4. The second-order valence-corrected chi connectivity index (χ2v) is 13.1. The fourth-order valence-corrected chi connectivity index (χ4v) is 5.96. The summed E-state index contributed by atoms with van der Waals surface area (Å²) in [6, 6.07) is 21.8. The fourth-order valence-electron chi connectivity index (χ4n) is 5.96. The van der Waals surface area contributed by atoms with E-state index in [1.807, 2.05) is 48.5 Å². The highest BCUT2D eigenvalue weighted by Gasteiger charge is 2.28. The van der Waals surface area contributed by atoms with Gasteiger partial charge in [-0.25, -0.2) is 18.9 Å². The molecule has 1 aliphatic heterocycles. The number of amides is 2. The first-order valence-corrected chi connectivity index (χ1v) is 15.9. The van der Waals surface area contributed by atoms with Gasteiger partial charge in [-0.3, -0.25) is 4.79 Å². The minimum atomic E-state index is -0.957. The number of hydrogen-bond donors (Lipinski definition) is 3. The van der Waals surface area contributed by atoms with Crippen molar-refractivity contribution in [2.75, 3.05) is 25.5 Å². The number of halogens is 1. The first-order chi connectivity index (χ1) is 23.0. The zero-order valence-corrected chi connectivity index (χ0v) is 27.5. The van der Waals surface area contributed by atoms with Crippen LogP contribution in [0.1, 0.15) is 54.2 Å². The smallest absolute Gasteiger partial charge is 0.407 e. The minimum absolute atomic E-state index is 0.0234. The van der Waals surface area contributed by atoms with Gasteiger partial charge in [-0.1, -0.05) is 57.2 Å². The van der Waals surface area contributed by atoms with Crippen LogP contribution in [0.4, 0.5) is 15.0 Å². The number of ether oxygens (including phenoxy) is 1. The van der Waals surface area contributed by atoms with Gasteiger partial charge in [0.15, 0.2) is 11.5 Å². The van der Waals surface area contributed by atoms with E-state index < -0.39 is 11.9 Å². The second kappa shape index (κ2) is 13.3. The minimum Gasteiger partial charge on any atom is -0.497 e. The molecular formula is C37H39FN6O4. The van der Waals surface area contributed by atoms with Gasteiger partial charge in [0.1, 0.15) is 11.6 Å². The Labute approximate surface area is 278 Å². The maximum absolute atomic E-state index is 15.6. The Morgan fingerprint density at radius 3 is 2.44 bits per heavy atom. The van der Waals surface area contributed by atoms with E-state index in [4.69, 9.17) is 9.84 Å². The Balaban J connectivity index is 1.28. The van der Waals surface area contributed by atoms with E-state index in [2.05, 4.69) is 36.4 Å². The lowest BCUT2D eigenvalue weighted by atomic mass is 9.87. The van der Waals surface area contributed by atoms with Gasteiger partial charge >= 0.3 is 6.09 Å². The number of benzene rings is 3. The van der Waals surface area contributed by atoms with Crippen LogP contribution in [0.2, 0.25) is 0 Å². The van der Waals surface area contributed by atoms with Crippen molar-refractivity contribution in [3.05, 3.63) is 107 Å². The van der Waals surface area contributed by atoms with Crippen LogP contribution in [-0.4, -0.2) is 63.0 Å². The number of fused-ring (bicyclic) bond motifs is 1. The molecule has 2 aromatic heterocycles. The summed E-state index contributed by atoms with van der Waals surface area (Å²) >= 11 is 0. The van der Waals surface area contributed by atoms with E-state index >= 15 is 4.39 Å². The van der Waals surface area contributed by atoms with Gasteiger partial charge < -0.3 is 25.4 Å². The number of nitrogens with one attached hydrogen (secondary N) is 2. The predicted molar refractivity (Wildman–Crippen MR) is 183 cm³/mol. The van der Waals surface area contributed by atoms with E-state index in [-0.39, 0.29) is 23.9 Å². The van der Waals surface area contributed by atoms with Gasteiger partial charge in [-0.2, -0.15) is 5.10 Å². The van der Waals surface area contributed by atoms with E-state index in [1.54, 1.807) is 36.2 Å². The predicted octanol–water partition coefficient (Wildman–Crippen LogP) is 6.69. The molecule has 10 nitrogen and oxygen atoms in total. The lowest BCUT2D eigenvalue weighted by molar-refractivity contribution is 0.0950. The molecule has 1 aliphatic rings. The quantitative estimate of drug-likeness (QED) is 0.163. The molecule has 3 heterocycles. The molecule has 48 heavy (non-hydrogen) atoms. The largest absolute Gasteiger partial charge is 0.497 e. The van der Waals surface area contributed by atoms with Crippen molar-refractivity contribution < 1.29 is 23.8 Å². The third-order valence-corrected chi connectivity index (χ3v) is 8.74. The Kier molecular flexibility index (Phi) is 9.03. The van der Waals surface area contributed by atoms with Gasteiger partial charge in [0.25, 0.3) is 5.91 Å². The van der Waals surface area contributed by atoms with Crippen molar-refractivity contribution in [1.82, 2.24) is 25.0 Å². The molecule has 1 unspecified atom stereocenters. The third kappa shape index (κ3) is 6.95. The molecule has 1 saturated heterocycles. The number of rotatable bonds is 9. The van der Waals surface area contributed by atoms with Crippen molar-refractivity contribution in [3.63, 3.8) is 0 Å². The van der Waals surface area contributed by atoms with Gasteiger partial charge in [-0.05, 0) is 70.5 Å². The topological polar surface area (TPSA) is 122 Å². The number of likely N-dealkylation sites (tertiary alicyclic amines) is 1. The number of aromatic nitrogens is 3. The van der Waals surface area contributed by atoms with E-state index in [0.29, 0.717) is 59.6 Å². The summed E-state index contributed by atoms with van der Waals surface area (Å²) < 4.78 is 22.7. The van der Waals surface area contributed by atoms with Crippen LogP contribution in [0.5, 0.6) is 5.75 Å². The lowest BCUT2D eigenvalue weighted by Gasteiger charge is -2.19. The highest BCUT2D eigenvalue weighted by molar-refractivity contribution is 6.01. The van der Waals surface area contributed by atoms with Gasteiger partial charge in [0.2, 0.25) is 0 Å². The van der Waals surface area contributed by atoms with Crippen molar-refractivity contribution >= 4 is 28.9 Å². The summed E-state index contributed by atoms with van der Waals surface area (Å²) in [4.78, 5) is 30.4. The summed E-state index contributed by atoms with van der Waals surface area (Å²) in [5, 5.41) is 21.4. The molecular weight excluding hydrogens is 611 g/mol. The number of methoxy groups -OCH3 is 1. The normalized spacial score (nSPS) is 14.7. The molecule has 3 aromatic carbocycles. The average Bonchev–Trinajstić information content (AvgIpc) is 3.69. The number of carbonyl (C=O) groups excluding carboxylic acids is 1. The Morgan fingerprint density at radius 2 is 1.79 bits per heavy atom. The molecule has 248 valence electrons. The highest BCUT2D eigenvalue weighted by atomic mass is 19.1.